The molecule has 3 saturated heterocycles. The number of fused-ring (bicyclic) bond motifs is 1. The number of likely N-dealkylation sites (tertiary alicyclic amines) is 1. The Bertz CT molecular complexity index is 2520. The number of allylic oxidation sites excluding steroid dienone is 3. The molecule has 2 atom stereocenters. The Labute approximate surface area is 345 Å². The molecule has 0 aliphatic carbocycles. The van der Waals surface area contributed by atoms with E-state index in [1.54, 1.807) is 24.4 Å². The van der Waals surface area contributed by atoms with E-state index in [0.29, 0.717) is 53.6 Å². The average molecular weight is 810 g/mol. The maximum atomic E-state index is 13.5. The van der Waals surface area contributed by atoms with Gasteiger partial charge in [0.2, 0.25) is 11.8 Å². The minimum atomic E-state index is -1.04. The maximum Gasteiger partial charge on any atom is 0.262 e. The summed E-state index contributed by atoms with van der Waals surface area (Å²) in [5.41, 5.74) is 10.7. The number of pyridine rings is 1. The molecule has 0 radical (unpaired) electrons. The Balaban J connectivity index is 0.945. The lowest BCUT2D eigenvalue weighted by Gasteiger charge is -2.34. The molecule has 0 spiro atoms. The fourth-order valence-corrected chi connectivity index (χ4v) is 8.76. The van der Waals surface area contributed by atoms with Crippen molar-refractivity contribution < 1.29 is 33.8 Å². The van der Waals surface area contributed by atoms with Crippen LogP contribution in [0.5, 0.6) is 5.75 Å². The lowest BCUT2D eigenvalue weighted by atomic mass is 9.98. The van der Waals surface area contributed by atoms with Crippen LogP contribution in [-0.4, -0.2) is 105 Å². The number of amides is 5. The van der Waals surface area contributed by atoms with E-state index in [2.05, 4.69) is 10.2 Å². The highest BCUT2D eigenvalue weighted by Gasteiger charge is 2.45. The summed E-state index contributed by atoms with van der Waals surface area (Å²) in [6, 6.07) is 13.4. The molecular formula is C44H43N9O7. The van der Waals surface area contributed by atoms with Crippen molar-refractivity contribution in [3.63, 3.8) is 0 Å². The summed E-state index contributed by atoms with van der Waals surface area (Å²) in [6.07, 6.45) is 15.2. The summed E-state index contributed by atoms with van der Waals surface area (Å²) in [4.78, 5) is 76.4. The number of nitrogens with two attached hydrogens (primary N) is 1. The van der Waals surface area contributed by atoms with Gasteiger partial charge < -0.3 is 30.3 Å². The van der Waals surface area contributed by atoms with Crippen LogP contribution in [0.4, 0.5) is 11.5 Å². The van der Waals surface area contributed by atoms with E-state index in [1.807, 2.05) is 81.6 Å². The molecule has 5 amide bonds. The number of β-amino-alcohol motifs (C(OH)–C–C–N with tert-alkyl or cyclic N) is 1. The van der Waals surface area contributed by atoms with Gasteiger partial charge in [-0.2, -0.15) is 5.10 Å². The molecule has 0 saturated carbocycles. The fraction of sp³-hybridized carbons (Fsp3) is 0.295. The first-order valence-corrected chi connectivity index (χ1v) is 20.0. The molecule has 4 aromatic rings. The molecule has 0 bridgehead atoms. The fourth-order valence-electron chi connectivity index (χ4n) is 8.76. The molecule has 2 aromatic carbocycles. The Morgan fingerprint density at radius 2 is 1.68 bits per heavy atom. The summed E-state index contributed by atoms with van der Waals surface area (Å²) >= 11 is 0. The highest BCUT2D eigenvalue weighted by molar-refractivity contribution is 6.23. The number of nitrogens with one attached hydrogen (secondary N) is 1. The molecule has 16 nitrogen and oxygen atoms in total. The number of ether oxygens (including phenoxy) is 1. The number of primary amides is 1. The van der Waals surface area contributed by atoms with Crippen LogP contribution >= 0.6 is 0 Å². The zero-order chi connectivity index (χ0) is 41.7. The second-order valence-corrected chi connectivity index (χ2v) is 15.5. The van der Waals surface area contributed by atoms with Gasteiger partial charge in [-0.1, -0.05) is 36.4 Å². The van der Waals surface area contributed by atoms with Gasteiger partial charge in [-0.05, 0) is 56.0 Å². The van der Waals surface area contributed by atoms with Gasteiger partial charge in [0.1, 0.15) is 23.2 Å². The van der Waals surface area contributed by atoms with E-state index in [9.17, 15) is 29.1 Å². The number of aliphatic hydroxyl groups is 1. The summed E-state index contributed by atoms with van der Waals surface area (Å²) < 4.78 is 7.94. The largest absolute Gasteiger partial charge is 0.495 e. The number of hydrogen-bond donors (Lipinski definition) is 3. The zero-order valence-electron chi connectivity index (χ0n) is 32.9. The van der Waals surface area contributed by atoms with Crippen LogP contribution in [0.3, 0.4) is 0 Å². The minimum Gasteiger partial charge on any atom is -0.495 e. The van der Waals surface area contributed by atoms with Crippen molar-refractivity contribution in [2.45, 2.75) is 50.3 Å². The Morgan fingerprint density at radius 3 is 2.40 bits per heavy atom. The number of anilines is 2. The number of nitrogens with zero attached hydrogens (tertiary/aromatic N) is 7. The van der Waals surface area contributed by atoms with Crippen molar-refractivity contribution in [3.05, 3.63) is 114 Å². The van der Waals surface area contributed by atoms with Crippen molar-refractivity contribution >= 4 is 41.0 Å². The third-order valence-corrected chi connectivity index (χ3v) is 11.8. The van der Waals surface area contributed by atoms with E-state index < -0.39 is 41.7 Å². The van der Waals surface area contributed by atoms with Gasteiger partial charge in [0.05, 0.1) is 53.5 Å². The van der Waals surface area contributed by atoms with Gasteiger partial charge in [0, 0.05) is 68.0 Å². The summed E-state index contributed by atoms with van der Waals surface area (Å²) in [7, 11) is 1.51. The first kappa shape index (κ1) is 38.4. The van der Waals surface area contributed by atoms with Crippen LogP contribution in [0.15, 0.2) is 97.2 Å². The summed E-state index contributed by atoms with van der Waals surface area (Å²) in [5.74, 6) is -1.96. The second kappa shape index (κ2) is 15.6. The minimum absolute atomic E-state index is 0.0522. The average Bonchev–Trinajstić information content (AvgIpc) is 3.92. The number of methoxy groups -OCH3 is 1. The molecule has 1 unspecified atom stereocenters. The molecular weight excluding hydrogens is 767 g/mol. The predicted octanol–water partition coefficient (Wildman–Crippen LogP) is 3.76. The normalized spacial score (nSPS) is 20.7. The summed E-state index contributed by atoms with van der Waals surface area (Å²) in [5, 5.41) is 17.6. The summed E-state index contributed by atoms with van der Waals surface area (Å²) in [6.45, 7) is 2.40. The van der Waals surface area contributed by atoms with Crippen LogP contribution in [0.1, 0.15) is 69.2 Å². The van der Waals surface area contributed by atoms with Crippen LogP contribution in [-0.2, 0) is 9.59 Å². The van der Waals surface area contributed by atoms with Crippen molar-refractivity contribution in [2.24, 2.45) is 5.73 Å². The molecule has 4 N–H and O–H groups in total. The molecule has 3 fully saturated rings. The lowest BCUT2D eigenvalue weighted by Crippen LogP contribution is -2.54. The lowest BCUT2D eigenvalue weighted by molar-refractivity contribution is -0.136. The Kier molecular flexibility index (Phi) is 9.99. The number of imide groups is 2. The molecule has 5 aliphatic heterocycles. The third kappa shape index (κ3) is 6.87. The topological polar surface area (TPSA) is 197 Å². The third-order valence-electron chi connectivity index (χ3n) is 11.8. The number of benzene rings is 2. The molecule has 306 valence electrons. The van der Waals surface area contributed by atoms with Gasteiger partial charge in [-0.25, -0.2) is 4.98 Å². The van der Waals surface area contributed by atoms with Crippen LogP contribution in [0, 0.1) is 0 Å². The quantitative estimate of drug-likeness (QED) is 0.208. The van der Waals surface area contributed by atoms with Crippen molar-refractivity contribution in [1.29, 1.82) is 0 Å². The van der Waals surface area contributed by atoms with Gasteiger partial charge in [-0.15, -0.1) is 0 Å². The maximum absolute atomic E-state index is 13.5. The monoisotopic (exact) mass is 809 g/mol. The predicted molar refractivity (Wildman–Crippen MR) is 221 cm³/mol. The number of aromatic nitrogens is 3. The first-order chi connectivity index (χ1) is 29.1. The van der Waals surface area contributed by atoms with E-state index >= 15 is 0 Å². The van der Waals surface area contributed by atoms with Gasteiger partial charge in [0.25, 0.3) is 17.7 Å². The van der Waals surface area contributed by atoms with Crippen LogP contribution in [0.25, 0.3) is 22.4 Å². The standard InChI is InChI=1S/C44H43N9O7/c1-60-39-36(41(51-20-16-31(54)25-51)48-38(37(39)40(45)56)26-7-3-2-4-8-26)27-22-46-52(23-27)28-14-18-49(19-15-28)30-9-5-6-17-50(24-30)29-10-11-32-33(21-29)44(59)53(43(32)58)34-12-13-35(55)47-42(34)57/h2-11,17,21-24,28,31,34,54H,12-16,18-20,25H2,1H3,(H2,45,56)(H,47,55,57)/t31-,34?/m1/s1. The van der Waals surface area contributed by atoms with Crippen molar-refractivity contribution in [2.75, 3.05) is 43.1 Å². The highest BCUT2D eigenvalue weighted by atomic mass is 16.5. The number of aliphatic hydroxyl groups excluding tert-OH is 1. The van der Waals surface area contributed by atoms with Crippen LogP contribution < -0.4 is 25.6 Å². The molecule has 7 heterocycles. The Morgan fingerprint density at radius 1 is 0.917 bits per heavy atom. The van der Waals surface area contributed by atoms with Crippen molar-refractivity contribution in [1.82, 2.24) is 29.9 Å². The molecule has 2 aromatic heterocycles. The molecule has 60 heavy (non-hydrogen) atoms. The zero-order valence-corrected chi connectivity index (χ0v) is 32.9. The van der Waals surface area contributed by atoms with E-state index in [1.165, 1.54) is 7.11 Å². The number of carbonyl (C=O) groups excluding carboxylic acids is 5. The smallest absolute Gasteiger partial charge is 0.262 e. The molecule has 5 aliphatic rings. The van der Waals surface area contributed by atoms with E-state index in [-0.39, 0.29) is 35.6 Å². The SMILES string of the molecule is COc1c(C(N)=O)c(-c2ccccc2)nc(N2CC[C@@H](O)C2)c1-c1cnn(C2CCN(C3=CN(c4ccc5c(c4)C(=O)N(C4CCC(=O)NC4=O)C5=O)C=CC=C3)CC2)c1. The van der Waals surface area contributed by atoms with E-state index in [0.717, 1.165) is 42.1 Å². The number of hydrogen-bond acceptors (Lipinski definition) is 12. The van der Waals surface area contributed by atoms with Gasteiger partial charge in [0.15, 0.2) is 0 Å². The van der Waals surface area contributed by atoms with Gasteiger partial charge >= 0.3 is 0 Å². The molecule has 9 rings (SSSR count). The van der Waals surface area contributed by atoms with Crippen molar-refractivity contribution in [3.8, 4) is 28.1 Å². The number of rotatable bonds is 9. The van der Waals surface area contributed by atoms with Gasteiger partial charge in [-0.3, -0.25) is 38.9 Å². The second-order valence-electron chi connectivity index (χ2n) is 15.5. The van der Waals surface area contributed by atoms with E-state index in [4.69, 9.17) is 20.6 Å². The highest BCUT2D eigenvalue weighted by Crippen LogP contribution is 2.45. The van der Waals surface area contributed by atoms with Crippen LogP contribution in [0.2, 0.25) is 0 Å². The number of carbonyl (C=O) groups is 5. The Hall–Kier alpha value is -7.07. The number of piperidine rings is 2. The molecule has 16 heteroatoms. The first-order valence-electron chi connectivity index (χ1n) is 20.0.